The van der Waals surface area contributed by atoms with Crippen LogP contribution in [0.1, 0.15) is 0 Å². The van der Waals surface area contributed by atoms with Crippen molar-refractivity contribution >= 4 is 27.5 Å². The molecular formula is C10H11BrClNO. The zero-order valence-corrected chi connectivity index (χ0v) is 9.94. The van der Waals surface area contributed by atoms with Crippen LogP contribution in [0.5, 0.6) is 5.75 Å². The van der Waals surface area contributed by atoms with Crippen molar-refractivity contribution in [3.8, 4) is 5.75 Å². The fraction of sp³-hybridized carbons (Fsp3) is 0.200. The molecule has 0 fully saturated rings. The van der Waals surface area contributed by atoms with Crippen molar-refractivity contribution in [1.29, 1.82) is 0 Å². The summed E-state index contributed by atoms with van der Waals surface area (Å²) in [4.78, 5) is 0. The lowest BCUT2D eigenvalue weighted by molar-refractivity contribution is 0.351. The molecule has 1 aromatic rings. The lowest BCUT2D eigenvalue weighted by Gasteiger charge is -2.08. The lowest BCUT2D eigenvalue weighted by Crippen LogP contribution is -2.09. The second kappa shape index (κ2) is 5.39. The molecule has 1 rings (SSSR count). The van der Waals surface area contributed by atoms with Gasteiger partial charge in [0, 0.05) is 11.0 Å². The summed E-state index contributed by atoms with van der Waals surface area (Å²) in [5.41, 5.74) is 6.22. The van der Waals surface area contributed by atoms with Crippen molar-refractivity contribution in [2.45, 2.75) is 0 Å². The summed E-state index contributed by atoms with van der Waals surface area (Å²) in [5, 5.41) is 0.582. The van der Waals surface area contributed by atoms with Gasteiger partial charge in [0.25, 0.3) is 0 Å². The summed E-state index contributed by atoms with van der Waals surface area (Å²) in [6.45, 7) is 4.55. The fourth-order valence-corrected chi connectivity index (χ4v) is 1.34. The minimum atomic E-state index is 0.396. The zero-order chi connectivity index (χ0) is 10.6. The Morgan fingerprint density at radius 3 is 2.93 bits per heavy atom. The van der Waals surface area contributed by atoms with Crippen molar-refractivity contribution in [3.63, 3.8) is 0 Å². The standard InChI is InChI=1S/C10H11BrClNO/c1-7(5-13)6-14-10-4-8(11)2-3-9(10)12/h2-4H,1,5-6,13H2. The van der Waals surface area contributed by atoms with Gasteiger partial charge in [-0.05, 0) is 23.8 Å². The Morgan fingerprint density at radius 2 is 2.29 bits per heavy atom. The van der Waals surface area contributed by atoms with Gasteiger partial charge in [0.15, 0.2) is 0 Å². The van der Waals surface area contributed by atoms with Crippen LogP contribution in [0.25, 0.3) is 0 Å². The summed E-state index contributed by atoms with van der Waals surface area (Å²) in [5.74, 6) is 0.635. The van der Waals surface area contributed by atoms with Crippen LogP contribution in [0.15, 0.2) is 34.8 Å². The Balaban J connectivity index is 2.66. The van der Waals surface area contributed by atoms with Gasteiger partial charge in [-0.2, -0.15) is 0 Å². The number of hydrogen-bond acceptors (Lipinski definition) is 2. The van der Waals surface area contributed by atoms with E-state index < -0.39 is 0 Å². The average molecular weight is 277 g/mol. The van der Waals surface area contributed by atoms with E-state index in [0.717, 1.165) is 10.0 Å². The van der Waals surface area contributed by atoms with Crippen LogP contribution in [0.2, 0.25) is 5.02 Å². The minimum Gasteiger partial charge on any atom is -0.488 e. The van der Waals surface area contributed by atoms with Gasteiger partial charge in [-0.15, -0.1) is 0 Å². The quantitative estimate of drug-likeness (QED) is 0.858. The molecule has 0 amide bonds. The molecule has 0 spiro atoms. The molecule has 0 saturated heterocycles. The van der Waals surface area contributed by atoms with Crippen LogP contribution in [0.3, 0.4) is 0 Å². The van der Waals surface area contributed by atoms with Crippen molar-refractivity contribution < 1.29 is 4.74 Å². The third kappa shape index (κ3) is 3.33. The van der Waals surface area contributed by atoms with E-state index in [4.69, 9.17) is 22.1 Å². The number of ether oxygens (including phenoxy) is 1. The summed E-state index contributed by atoms with van der Waals surface area (Å²) < 4.78 is 6.35. The molecule has 0 radical (unpaired) electrons. The van der Waals surface area contributed by atoms with E-state index in [9.17, 15) is 0 Å². The second-order valence-electron chi connectivity index (χ2n) is 2.82. The monoisotopic (exact) mass is 275 g/mol. The first-order chi connectivity index (χ1) is 6.63. The Hall–Kier alpha value is -0.510. The Kier molecular flexibility index (Phi) is 4.45. The average Bonchev–Trinajstić information content (AvgIpc) is 2.19. The van der Waals surface area contributed by atoms with Gasteiger partial charge in [0.1, 0.15) is 12.4 Å². The van der Waals surface area contributed by atoms with Gasteiger partial charge in [0.05, 0.1) is 5.02 Å². The molecule has 14 heavy (non-hydrogen) atoms. The predicted octanol–water partition coefficient (Wildman–Crippen LogP) is 3.00. The second-order valence-corrected chi connectivity index (χ2v) is 4.14. The molecule has 0 aliphatic heterocycles. The number of nitrogens with two attached hydrogens (primary N) is 1. The molecule has 1 aromatic carbocycles. The summed E-state index contributed by atoms with van der Waals surface area (Å²) in [6, 6.07) is 5.44. The van der Waals surface area contributed by atoms with Crippen LogP contribution in [-0.2, 0) is 0 Å². The van der Waals surface area contributed by atoms with Gasteiger partial charge in [-0.1, -0.05) is 34.1 Å². The van der Waals surface area contributed by atoms with E-state index in [1.54, 1.807) is 6.07 Å². The predicted molar refractivity (Wildman–Crippen MR) is 62.8 cm³/mol. The smallest absolute Gasteiger partial charge is 0.139 e. The molecule has 0 aromatic heterocycles. The molecule has 0 atom stereocenters. The Morgan fingerprint density at radius 1 is 1.57 bits per heavy atom. The van der Waals surface area contributed by atoms with E-state index in [1.165, 1.54) is 0 Å². The molecule has 0 unspecified atom stereocenters. The zero-order valence-electron chi connectivity index (χ0n) is 7.59. The minimum absolute atomic E-state index is 0.396. The van der Waals surface area contributed by atoms with Crippen LogP contribution in [0, 0.1) is 0 Å². The summed E-state index contributed by atoms with van der Waals surface area (Å²) in [6.07, 6.45) is 0. The molecule has 0 heterocycles. The van der Waals surface area contributed by atoms with Crippen LogP contribution >= 0.6 is 27.5 Å². The molecule has 0 saturated carbocycles. The lowest BCUT2D eigenvalue weighted by atomic mass is 10.3. The van der Waals surface area contributed by atoms with Gasteiger partial charge in [-0.25, -0.2) is 0 Å². The largest absolute Gasteiger partial charge is 0.488 e. The van der Waals surface area contributed by atoms with Gasteiger partial charge >= 0.3 is 0 Å². The Bertz CT molecular complexity index is 341. The highest BCUT2D eigenvalue weighted by Gasteiger charge is 2.02. The molecule has 76 valence electrons. The molecule has 0 aliphatic rings. The van der Waals surface area contributed by atoms with Gasteiger partial charge < -0.3 is 10.5 Å². The van der Waals surface area contributed by atoms with E-state index in [2.05, 4.69) is 22.5 Å². The maximum absolute atomic E-state index is 5.92. The van der Waals surface area contributed by atoms with Crippen LogP contribution in [-0.4, -0.2) is 13.2 Å². The van der Waals surface area contributed by atoms with Crippen LogP contribution < -0.4 is 10.5 Å². The first-order valence-corrected chi connectivity index (χ1v) is 5.25. The van der Waals surface area contributed by atoms with E-state index in [1.807, 2.05) is 12.1 Å². The summed E-state index contributed by atoms with van der Waals surface area (Å²) >= 11 is 9.25. The fourth-order valence-electron chi connectivity index (χ4n) is 0.827. The Labute approximate surface area is 96.8 Å². The first-order valence-electron chi connectivity index (χ1n) is 4.08. The first kappa shape index (κ1) is 11.6. The van der Waals surface area contributed by atoms with Crippen molar-refractivity contribution in [2.75, 3.05) is 13.2 Å². The highest BCUT2D eigenvalue weighted by atomic mass is 79.9. The van der Waals surface area contributed by atoms with E-state index in [0.29, 0.717) is 23.9 Å². The number of hydrogen-bond donors (Lipinski definition) is 1. The molecular weight excluding hydrogens is 265 g/mol. The number of rotatable bonds is 4. The van der Waals surface area contributed by atoms with Crippen LogP contribution in [0.4, 0.5) is 0 Å². The maximum atomic E-state index is 5.92. The van der Waals surface area contributed by atoms with Gasteiger partial charge in [0.2, 0.25) is 0 Å². The molecule has 2 N–H and O–H groups in total. The highest BCUT2D eigenvalue weighted by molar-refractivity contribution is 9.10. The number of halogens is 2. The molecule has 2 nitrogen and oxygen atoms in total. The van der Waals surface area contributed by atoms with E-state index >= 15 is 0 Å². The SMILES string of the molecule is C=C(CN)COc1cc(Br)ccc1Cl. The van der Waals surface area contributed by atoms with E-state index in [-0.39, 0.29) is 0 Å². The number of benzene rings is 1. The highest BCUT2D eigenvalue weighted by Crippen LogP contribution is 2.27. The van der Waals surface area contributed by atoms with Gasteiger partial charge in [-0.3, -0.25) is 0 Å². The van der Waals surface area contributed by atoms with Crippen molar-refractivity contribution in [2.24, 2.45) is 5.73 Å². The third-order valence-electron chi connectivity index (χ3n) is 1.61. The van der Waals surface area contributed by atoms with Crippen molar-refractivity contribution in [1.82, 2.24) is 0 Å². The topological polar surface area (TPSA) is 35.2 Å². The molecule has 0 bridgehead atoms. The van der Waals surface area contributed by atoms with Crippen molar-refractivity contribution in [3.05, 3.63) is 39.8 Å². The third-order valence-corrected chi connectivity index (χ3v) is 2.42. The summed E-state index contributed by atoms with van der Waals surface area (Å²) in [7, 11) is 0. The molecule has 4 heteroatoms. The maximum Gasteiger partial charge on any atom is 0.139 e. The normalized spacial score (nSPS) is 9.93. The molecule has 0 aliphatic carbocycles.